The van der Waals surface area contributed by atoms with Gasteiger partial charge in [-0.3, -0.25) is 43.2 Å². The van der Waals surface area contributed by atoms with Crippen LogP contribution >= 0.6 is 0 Å². The topological polar surface area (TPSA) is 428 Å². The van der Waals surface area contributed by atoms with Crippen LogP contribution in [0.1, 0.15) is 52.4 Å². The molecular formula is C28H48N10O14. The molecule has 0 rings (SSSR count). The number of aliphatic hydroxyl groups excluding tert-OH is 3. The van der Waals surface area contributed by atoms with Gasteiger partial charge in [-0.2, -0.15) is 0 Å². The molecule has 18 N–H and O–H groups in total. The van der Waals surface area contributed by atoms with Crippen LogP contribution in [0.4, 0.5) is 0 Å². The van der Waals surface area contributed by atoms with Crippen molar-refractivity contribution in [2.24, 2.45) is 22.9 Å². The van der Waals surface area contributed by atoms with Crippen molar-refractivity contribution in [1.82, 2.24) is 31.9 Å². The standard InChI is InChI=1S/C28H48N10O14/c1-11(40)21(32)26(49)33-9-20(45)34-16(10-39)25(48)38-22(12(2)41)27(50)36-14(4-7-18(30)43)23(46)35-13(3-6-17(29)42)24(47)37-15(28(51)52)5-8-19(31)44/h11-16,21-22,39-41H,3-10,32H2,1-2H3,(H2,29,42)(H2,30,43)(H2,31,44)(H,33,49)(H,34,45)(H,35,46)(H,36,50)(H,37,47)(H,38,48)(H,51,52)/t11-,12-,13+,14+,15+,16+,21+,22+/m1/s1. The molecule has 0 aromatic carbocycles. The summed E-state index contributed by atoms with van der Waals surface area (Å²) in [5, 5.41) is 51.5. The fourth-order valence-corrected chi connectivity index (χ4v) is 4.06. The Hall–Kier alpha value is -5.46. The van der Waals surface area contributed by atoms with Crippen LogP contribution in [0.15, 0.2) is 0 Å². The van der Waals surface area contributed by atoms with Gasteiger partial charge >= 0.3 is 5.97 Å². The molecule has 0 saturated carbocycles. The van der Waals surface area contributed by atoms with Crippen molar-refractivity contribution in [2.75, 3.05) is 13.2 Å². The van der Waals surface area contributed by atoms with Gasteiger partial charge in [-0.25, -0.2) is 4.79 Å². The largest absolute Gasteiger partial charge is 0.480 e. The quantitative estimate of drug-likeness (QED) is 0.0412. The number of amides is 9. The minimum Gasteiger partial charge on any atom is -0.480 e. The van der Waals surface area contributed by atoms with E-state index in [0.29, 0.717) is 0 Å². The number of primary amides is 3. The molecule has 0 saturated heterocycles. The second-order valence-corrected chi connectivity index (χ2v) is 11.6. The molecule has 0 aliphatic carbocycles. The lowest BCUT2D eigenvalue weighted by Crippen LogP contribution is -2.61. The van der Waals surface area contributed by atoms with Crippen LogP contribution in [0.2, 0.25) is 0 Å². The maximum atomic E-state index is 13.3. The Balaban J connectivity index is 5.97. The van der Waals surface area contributed by atoms with Crippen LogP contribution in [0, 0.1) is 0 Å². The number of aliphatic hydroxyl groups is 3. The first-order chi connectivity index (χ1) is 24.1. The molecule has 0 aromatic heterocycles. The van der Waals surface area contributed by atoms with Crippen molar-refractivity contribution >= 4 is 59.1 Å². The van der Waals surface area contributed by atoms with Crippen molar-refractivity contribution in [3.05, 3.63) is 0 Å². The van der Waals surface area contributed by atoms with Gasteiger partial charge in [0.2, 0.25) is 53.2 Å². The molecule has 0 fully saturated rings. The highest BCUT2D eigenvalue weighted by atomic mass is 16.4. The number of hydrogen-bond donors (Lipinski definition) is 14. The van der Waals surface area contributed by atoms with E-state index < -0.39 is 159 Å². The minimum absolute atomic E-state index is 0.424. The molecule has 0 radical (unpaired) electrons. The molecule has 52 heavy (non-hydrogen) atoms. The van der Waals surface area contributed by atoms with Crippen LogP contribution < -0.4 is 54.8 Å². The van der Waals surface area contributed by atoms with Gasteiger partial charge in [0.25, 0.3) is 0 Å². The van der Waals surface area contributed by atoms with Gasteiger partial charge in [0.05, 0.1) is 25.4 Å². The number of hydrogen-bond acceptors (Lipinski definition) is 14. The molecule has 0 aliphatic rings. The van der Waals surface area contributed by atoms with Crippen LogP contribution in [-0.4, -0.2) is 141 Å². The van der Waals surface area contributed by atoms with Crippen molar-refractivity contribution in [1.29, 1.82) is 0 Å². The van der Waals surface area contributed by atoms with Crippen LogP contribution in [0.25, 0.3) is 0 Å². The summed E-state index contributed by atoms with van der Waals surface area (Å²) in [6.07, 6.45) is -5.78. The Morgan fingerprint density at radius 3 is 1.35 bits per heavy atom. The number of carboxylic acid groups (broad SMARTS) is 1. The molecule has 0 heterocycles. The average molecular weight is 749 g/mol. The van der Waals surface area contributed by atoms with E-state index in [2.05, 4.69) is 31.9 Å². The Labute approximate surface area is 296 Å². The third-order valence-electron chi connectivity index (χ3n) is 7.06. The maximum absolute atomic E-state index is 13.3. The first-order valence-electron chi connectivity index (χ1n) is 15.7. The zero-order valence-electron chi connectivity index (χ0n) is 28.5. The second-order valence-electron chi connectivity index (χ2n) is 11.6. The molecule has 0 aliphatic heterocycles. The fourth-order valence-electron chi connectivity index (χ4n) is 4.06. The van der Waals surface area contributed by atoms with E-state index in [1.807, 2.05) is 0 Å². The van der Waals surface area contributed by atoms with Gasteiger partial charge in [0.15, 0.2) is 0 Å². The number of rotatable bonds is 25. The number of aliphatic carboxylic acids is 1. The Morgan fingerprint density at radius 1 is 0.558 bits per heavy atom. The number of carbonyl (C=O) groups is 10. The maximum Gasteiger partial charge on any atom is 0.326 e. The van der Waals surface area contributed by atoms with Crippen molar-refractivity contribution in [3.8, 4) is 0 Å². The highest BCUT2D eigenvalue weighted by molar-refractivity contribution is 5.97. The monoisotopic (exact) mass is 748 g/mol. The van der Waals surface area contributed by atoms with E-state index in [9.17, 15) is 68.4 Å². The van der Waals surface area contributed by atoms with Crippen LogP contribution in [0.5, 0.6) is 0 Å². The van der Waals surface area contributed by atoms with Gasteiger partial charge in [-0.05, 0) is 33.1 Å². The SMILES string of the molecule is C[C@@H](O)[C@H](N)C(=O)NCC(=O)N[C@@H](CO)C(=O)N[C@H](C(=O)N[C@@H](CCC(N)=O)C(=O)N[C@@H](CCC(N)=O)C(=O)N[C@@H](CCC(N)=O)C(=O)O)[C@@H](C)O. The highest BCUT2D eigenvalue weighted by Gasteiger charge is 2.34. The van der Waals surface area contributed by atoms with Gasteiger partial charge in [0, 0.05) is 19.3 Å². The zero-order chi connectivity index (χ0) is 40.3. The Kier molecular flexibility index (Phi) is 20.7. The summed E-state index contributed by atoms with van der Waals surface area (Å²) in [4.78, 5) is 122. The molecule has 294 valence electrons. The van der Waals surface area contributed by atoms with Crippen molar-refractivity contribution in [3.63, 3.8) is 0 Å². The fraction of sp³-hybridized carbons (Fsp3) is 0.643. The second kappa shape index (κ2) is 23.1. The summed E-state index contributed by atoms with van der Waals surface area (Å²) in [6.45, 7) is 0.521. The molecule has 0 bridgehead atoms. The predicted octanol–water partition coefficient (Wildman–Crippen LogP) is -8.51. The van der Waals surface area contributed by atoms with E-state index >= 15 is 0 Å². The third kappa shape index (κ3) is 18.0. The lowest BCUT2D eigenvalue weighted by atomic mass is 10.0. The zero-order valence-corrected chi connectivity index (χ0v) is 28.5. The average Bonchev–Trinajstić information content (AvgIpc) is 3.05. The van der Waals surface area contributed by atoms with E-state index in [1.54, 1.807) is 0 Å². The summed E-state index contributed by atoms with van der Waals surface area (Å²) in [6, 6.07) is -9.99. The molecular weight excluding hydrogens is 700 g/mol. The summed E-state index contributed by atoms with van der Waals surface area (Å²) in [7, 11) is 0. The number of carbonyl (C=O) groups excluding carboxylic acids is 9. The number of nitrogens with one attached hydrogen (secondary N) is 6. The van der Waals surface area contributed by atoms with Crippen molar-refractivity contribution < 1.29 is 68.4 Å². The number of carboxylic acids is 1. The first kappa shape index (κ1) is 46.5. The molecule has 0 aromatic rings. The molecule has 24 heteroatoms. The third-order valence-corrected chi connectivity index (χ3v) is 7.06. The number of nitrogens with two attached hydrogens (primary N) is 4. The summed E-state index contributed by atoms with van der Waals surface area (Å²) in [5.41, 5.74) is 20.8. The molecule has 24 nitrogen and oxygen atoms in total. The molecule has 9 amide bonds. The van der Waals surface area contributed by atoms with Crippen LogP contribution in [-0.2, 0) is 47.9 Å². The van der Waals surface area contributed by atoms with Gasteiger partial charge in [-0.1, -0.05) is 0 Å². The molecule has 0 unspecified atom stereocenters. The normalized spacial score (nSPS) is 15.4. The predicted molar refractivity (Wildman–Crippen MR) is 174 cm³/mol. The van der Waals surface area contributed by atoms with E-state index in [1.165, 1.54) is 6.92 Å². The van der Waals surface area contributed by atoms with E-state index in [4.69, 9.17) is 22.9 Å². The smallest absolute Gasteiger partial charge is 0.326 e. The molecule has 0 spiro atoms. The Bertz CT molecular complexity index is 1330. The van der Waals surface area contributed by atoms with Gasteiger partial charge < -0.3 is 75.3 Å². The van der Waals surface area contributed by atoms with Gasteiger partial charge in [-0.15, -0.1) is 0 Å². The summed E-state index contributed by atoms with van der Waals surface area (Å²) >= 11 is 0. The van der Waals surface area contributed by atoms with Crippen molar-refractivity contribution in [2.45, 2.75) is 101 Å². The summed E-state index contributed by atoms with van der Waals surface area (Å²) < 4.78 is 0. The van der Waals surface area contributed by atoms with E-state index in [0.717, 1.165) is 6.92 Å². The lowest BCUT2D eigenvalue weighted by Gasteiger charge is -2.27. The van der Waals surface area contributed by atoms with Gasteiger partial charge in [0.1, 0.15) is 36.3 Å². The first-order valence-corrected chi connectivity index (χ1v) is 15.7. The van der Waals surface area contributed by atoms with E-state index in [-0.39, 0.29) is 0 Å². The lowest BCUT2D eigenvalue weighted by molar-refractivity contribution is -0.143. The summed E-state index contributed by atoms with van der Waals surface area (Å²) in [5.74, 6) is -10.9. The Morgan fingerprint density at radius 2 is 0.962 bits per heavy atom. The molecule has 8 atom stereocenters. The minimum atomic E-state index is -1.87. The van der Waals surface area contributed by atoms with Crippen LogP contribution in [0.3, 0.4) is 0 Å². The highest BCUT2D eigenvalue weighted by Crippen LogP contribution is 2.06.